The molecule has 0 aromatic heterocycles. The molecule has 1 aliphatic rings. The number of anilines is 1. The second-order valence-corrected chi connectivity index (χ2v) is 10.3. The molecular weight excluding hydrogens is 442 g/mol. The molecule has 0 fully saturated rings. The van der Waals surface area contributed by atoms with Gasteiger partial charge in [0.15, 0.2) is 6.61 Å². The molecule has 1 unspecified atom stereocenters. The van der Waals surface area contributed by atoms with E-state index in [0.717, 1.165) is 33.5 Å². The zero-order valence-electron chi connectivity index (χ0n) is 19.7. The van der Waals surface area contributed by atoms with E-state index >= 15 is 0 Å². The predicted molar refractivity (Wildman–Crippen MR) is 140 cm³/mol. The van der Waals surface area contributed by atoms with Crippen molar-refractivity contribution in [2.75, 3.05) is 11.5 Å². The average molecular weight is 470 g/mol. The Morgan fingerprint density at radius 2 is 1.56 bits per heavy atom. The normalized spacial score (nSPS) is 19.0. The van der Waals surface area contributed by atoms with E-state index in [1.54, 1.807) is 0 Å². The van der Waals surface area contributed by atoms with Crippen molar-refractivity contribution < 1.29 is 9.53 Å². The zero-order valence-corrected chi connectivity index (χ0v) is 20.5. The van der Waals surface area contributed by atoms with E-state index in [1.165, 1.54) is 5.56 Å². The number of rotatable bonds is 4. The number of nitrogens with zero attached hydrogens (tertiary/aromatic N) is 1. The van der Waals surface area contributed by atoms with Crippen LogP contribution in [0.3, 0.4) is 0 Å². The molecule has 3 nitrogen and oxygen atoms in total. The van der Waals surface area contributed by atoms with Gasteiger partial charge in [-0.05, 0) is 72.5 Å². The number of fused-ring (bicyclic) bond motifs is 2. The summed E-state index contributed by atoms with van der Waals surface area (Å²) < 4.78 is 5.98. The van der Waals surface area contributed by atoms with E-state index in [9.17, 15) is 4.79 Å². The molecule has 172 valence electrons. The van der Waals surface area contributed by atoms with Crippen LogP contribution in [0, 0.1) is 0 Å². The highest BCUT2D eigenvalue weighted by Gasteiger charge is 2.47. The van der Waals surface area contributed by atoms with Crippen molar-refractivity contribution in [2.24, 2.45) is 0 Å². The maximum atomic E-state index is 13.6. The van der Waals surface area contributed by atoms with Gasteiger partial charge in [0, 0.05) is 21.7 Å². The number of hydrogen-bond acceptors (Lipinski definition) is 2. The maximum absolute atomic E-state index is 13.6. The minimum atomic E-state index is -0.410. The Morgan fingerprint density at radius 1 is 0.882 bits per heavy atom. The van der Waals surface area contributed by atoms with E-state index in [1.807, 2.05) is 71.6 Å². The smallest absolute Gasteiger partial charge is 0.265 e. The second kappa shape index (κ2) is 8.48. The minimum absolute atomic E-state index is 0.0201. The number of amides is 1. The number of ether oxygens (including phenoxy) is 1. The van der Waals surface area contributed by atoms with Gasteiger partial charge in [-0.1, -0.05) is 79.2 Å². The van der Waals surface area contributed by atoms with Crippen molar-refractivity contribution >= 4 is 34.0 Å². The van der Waals surface area contributed by atoms with Crippen LogP contribution in [0.2, 0.25) is 5.02 Å². The number of carbonyl (C=O) groups is 1. The lowest BCUT2D eigenvalue weighted by Gasteiger charge is -2.51. The Morgan fingerprint density at radius 3 is 2.32 bits per heavy atom. The summed E-state index contributed by atoms with van der Waals surface area (Å²) in [6.07, 6.45) is 0.778. The highest BCUT2D eigenvalue weighted by molar-refractivity contribution is 6.30. The first-order valence-corrected chi connectivity index (χ1v) is 12.0. The van der Waals surface area contributed by atoms with Crippen molar-refractivity contribution in [1.82, 2.24) is 0 Å². The molecule has 5 rings (SSSR count). The first kappa shape index (κ1) is 22.5. The van der Waals surface area contributed by atoms with Crippen LogP contribution < -0.4 is 9.64 Å². The van der Waals surface area contributed by atoms with Gasteiger partial charge in [0.25, 0.3) is 5.91 Å². The third kappa shape index (κ3) is 3.95. The summed E-state index contributed by atoms with van der Waals surface area (Å²) in [5.74, 6) is 0.643. The summed E-state index contributed by atoms with van der Waals surface area (Å²) in [5, 5.41) is 2.96. The topological polar surface area (TPSA) is 29.5 Å². The average Bonchev–Trinajstić information content (AvgIpc) is 2.82. The molecule has 4 heteroatoms. The van der Waals surface area contributed by atoms with Crippen LogP contribution in [0.25, 0.3) is 10.8 Å². The van der Waals surface area contributed by atoms with E-state index in [2.05, 4.69) is 45.0 Å². The molecule has 34 heavy (non-hydrogen) atoms. The first-order chi connectivity index (χ1) is 16.3. The number of hydrogen-bond donors (Lipinski definition) is 0. The van der Waals surface area contributed by atoms with E-state index < -0.39 is 5.54 Å². The zero-order chi connectivity index (χ0) is 23.9. The third-order valence-corrected chi connectivity index (χ3v) is 7.20. The van der Waals surface area contributed by atoms with Gasteiger partial charge in [-0.2, -0.15) is 0 Å². The van der Waals surface area contributed by atoms with Crippen molar-refractivity contribution in [3.8, 4) is 5.75 Å². The van der Waals surface area contributed by atoms with Crippen LogP contribution in [0.15, 0.2) is 91.0 Å². The van der Waals surface area contributed by atoms with Crippen LogP contribution >= 0.6 is 11.6 Å². The molecule has 1 aliphatic heterocycles. The van der Waals surface area contributed by atoms with Crippen LogP contribution in [0.5, 0.6) is 5.75 Å². The van der Waals surface area contributed by atoms with E-state index in [-0.39, 0.29) is 17.9 Å². The largest absolute Gasteiger partial charge is 0.484 e. The first-order valence-electron chi connectivity index (χ1n) is 11.6. The van der Waals surface area contributed by atoms with Gasteiger partial charge in [0.1, 0.15) is 5.75 Å². The molecule has 0 N–H and O–H groups in total. The lowest BCUT2D eigenvalue weighted by molar-refractivity contribution is -0.121. The quantitative estimate of drug-likeness (QED) is 0.311. The molecule has 1 amide bonds. The van der Waals surface area contributed by atoms with Crippen molar-refractivity contribution in [2.45, 2.75) is 38.1 Å². The minimum Gasteiger partial charge on any atom is -0.484 e. The summed E-state index contributed by atoms with van der Waals surface area (Å²) in [7, 11) is 0. The Labute approximate surface area is 205 Å². The Bertz CT molecular complexity index is 1360. The molecule has 0 spiro atoms. The SMILES string of the molecule is CC1(c2ccc(Cl)cc2)CC(C)(C)N(C(=O)COc2ccc3ccccc3c2)c2ccccc21. The summed E-state index contributed by atoms with van der Waals surface area (Å²) in [4.78, 5) is 15.5. The molecular formula is C30H28ClNO2. The Balaban J connectivity index is 1.46. The maximum Gasteiger partial charge on any atom is 0.265 e. The standard InChI is InChI=1S/C30H28ClNO2/c1-29(2)20-30(3,23-13-15-24(31)16-14-23)26-10-6-7-11-27(26)32(29)28(33)19-34-25-17-12-21-8-4-5-9-22(21)18-25/h4-18H,19-20H2,1-3H3. The Kier molecular flexibility index (Phi) is 5.61. The number of halogens is 1. The van der Waals surface area contributed by atoms with E-state index in [4.69, 9.17) is 16.3 Å². The molecule has 4 aromatic carbocycles. The number of benzene rings is 4. The monoisotopic (exact) mass is 469 g/mol. The molecule has 1 atom stereocenters. The van der Waals surface area contributed by atoms with Gasteiger partial charge < -0.3 is 9.64 Å². The summed E-state index contributed by atoms with van der Waals surface area (Å²) in [6.45, 7) is 6.49. The Hall–Kier alpha value is -3.30. The number of carbonyl (C=O) groups excluding carboxylic acids is 1. The van der Waals surface area contributed by atoms with Gasteiger partial charge >= 0.3 is 0 Å². The fraction of sp³-hybridized carbons (Fsp3) is 0.233. The van der Waals surface area contributed by atoms with Crippen LogP contribution in [0.4, 0.5) is 5.69 Å². The summed E-state index contributed by atoms with van der Waals surface area (Å²) in [5.41, 5.74) is 2.60. The van der Waals surface area contributed by atoms with E-state index in [0.29, 0.717) is 5.75 Å². The molecule has 0 bridgehead atoms. The number of para-hydroxylation sites is 1. The van der Waals surface area contributed by atoms with Crippen LogP contribution in [0.1, 0.15) is 38.3 Å². The highest BCUT2D eigenvalue weighted by Crippen LogP contribution is 2.50. The molecule has 0 saturated heterocycles. The molecule has 4 aromatic rings. The third-order valence-electron chi connectivity index (χ3n) is 6.94. The van der Waals surface area contributed by atoms with Gasteiger partial charge in [-0.15, -0.1) is 0 Å². The fourth-order valence-electron chi connectivity index (χ4n) is 5.51. The lowest BCUT2D eigenvalue weighted by Crippen LogP contribution is -2.57. The van der Waals surface area contributed by atoms with Gasteiger partial charge in [0.2, 0.25) is 0 Å². The van der Waals surface area contributed by atoms with Crippen molar-refractivity contribution in [3.05, 3.63) is 107 Å². The molecule has 0 radical (unpaired) electrons. The van der Waals surface area contributed by atoms with Crippen LogP contribution in [-0.2, 0) is 10.2 Å². The van der Waals surface area contributed by atoms with Crippen molar-refractivity contribution in [3.63, 3.8) is 0 Å². The highest BCUT2D eigenvalue weighted by atomic mass is 35.5. The summed E-state index contributed by atoms with van der Waals surface area (Å²) in [6, 6.07) is 30.3. The molecule has 1 heterocycles. The van der Waals surface area contributed by atoms with Gasteiger partial charge in [-0.3, -0.25) is 4.79 Å². The summed E-state index contributed by atoms with van der Waals surface area (Å²) >= 11 is 6.17. The fourth-order valence-corrected chi connectivity index (χ4v) is 5.64. The van der Waals surface area contributed by atoms with Crippen molar-refractivity contribution in [1.29, 1.82) is 0 Å². The lowest BCUT2D eigenvalue weighted by atomic mass is 9.65. The predicted octanol–water partition coefficient (Wildman–Crippen LogP) is 7.39. The molecule has 0 saturated carbocycles. The van der Waals surface area contributed by atoms with Gasteiger partial charge in [-0.25, -0.2) is 0 Å². The van der Waals surface area contributed by atoms with Gasteiger partial charge in [0.05, 0.1) is 0 Å². The van der Waals surface area contributed by atoms with Crippen LogP contribution in [-0.4, -0.2) is 18.1 Å². The molecule has 0 aliphatic carbocycles. The second-order valence-electron chi connectivity index (χ2n) is 9.87.